The molecule has 0 bridgehead atoms. The van der Waals surface area contributed by atoms with Gasteiger partial charge in [-0.15, -0.1) is 0 Å². The third-order valence-corrected chi connectivity index (χ3v) is 2.84. The van der Waals surface area contributed by atoms with Crippen LogP contribution in [0.1, 0.15) is 24.9 Å². The van der Waals surface area contributed by atoms with Crippen LogP contribution in [0.2, 0.25) is 10.0 Å². The maximum absolute atomic E-state index is 6.13. The van der Waals surface area contributed by atoms with Crippen molar-refractivity contribution in [2.75, 3.05) is 13.1 Å². The maximum atomic E-state index is 6.13. The Kier molecular flexibility index (Phi) is 5.40. The fourth-order valence-corrected chi connectivity index (χ4v) is 2.06. The molecule has 0 aliphatic carbocycles. The Bertz CT molecular complexity index is 315. The number of nitrogens with two attached hydrogens (primary N) is 1. The highest BCUT2D eigenvalue weighted by Gasteiger charge is 2.11. The first-order valence-corrected chi connectivity index (χ1v) is 5.83. The van der Waals surface area contributed by atoms with Gasteiger partial charge in [0.15, 0.2) is 0 Å². The number of rotatable bonds is 5. The van der Waals surface area contributed by atoms with Crippen LogP contribution in [0.15, 0.2) is 18.2 Å². The van der Waals surface area contributed by atoms with Crippen molar-refractivity contribution in [3.8, 4) is 0 Å². The molecule has 2 nitrogen and oxygen atoms in total. The van der Waals surface area contributed by atoms with E-state index in [1.165, 1.54) is 0 Å². The highest BCUT2D eigenvalue weighted by atomic mass is 35.5. The van der Waals surface area contributed by atoms with Gasteiger partial charge < -0.3 is 11.1 Å². The number of hydrogen-bond acceptors (Lipinski definition) is 2. The minimum atomic E-state index is 0.248. The highest BCUT2D eigenvalue weighted by Crippen LogP contribution is 2.27. The Hall–Kier alpha value is -0.280. The third kappa shape index (κ3) is 3.65. The molecule has 3 N–H and O–H groups in total. The Balaban J connectivity index is 2.81. The van der Waals surface area contributed by atoms with E-state index in [1.54, 1.807) is 6.07 Å². The summed E-state index contributed by atoms with van der Waals surface area (Å²) in [6.07, 6.45) is 0.974. The molecule has 15 heavy (non-hydrogen) atoms. The Morgan fingerprint density at radius 3 is 2.67 bits per heavy atom. The van der Waals surface area contributed by atoms with Gasteiger partial charge in [0.1, 0.15) is 0 Å². The SMILES string of the molecule is CCC(NCCN)c1ccc(Cl)cc1Cl. The van der Waals surface area contributed by atoms with E-state index in [-0.39, 0.29) is 6.04 Å². The molecule has 0 fully saturated rings. The van der Waals surface area contributed by atoms with Gasteiger partial charge in [-0.25, -0.2) is 0 Å². The first-order chi connectivity index (χ1) is 7.19. The average Bonchev–Trinajstić information content (AvgIpc) is 2.21. The molecule has 1 atom stereocenters. The van der Waals surface area contributed by atoms with Gasteiger partial charge >= 0.3 is 0 Å². The molecule has 0 radical (unpaired) electrons. The van der Waals surface area contributed by atoms with Gasteiger partial charge in [-0.2, -0.15) is 0 Å². The number of benzene rings is 1. The van der Waals surface area contributed by atoms with E-state index in [1.807, 2.05) is 12.1 Å². The van der Waals surface area contributed by atoms with E-state index in [0.29, 0.717) is 16.6 Å². The first kappa shape index (κ1) is 12.8. The molecule has 4 heteroatoms. The fraction of sp³-hybridized carbons (Fsp3) is 0.455. The lowest BCUT2D eigenvalue weighted by Gasteiger charge is -2.18. The smallest absolute Gasteiger partial charge is 0.0468 e. The normalized spacial score (nSPS) is 12.8. The molecule has 1 unspecified atom stereocenters. The molecule has 84 valence electrons. The molecular formula is C11H16Cl2N2. The van der Waals surface area contributed by atoms with Crippen LogP contribution in [0.4, 0.5) is 0 Å². The molecule has 0 aliphatic heterocycles. The van der Waals surface area contributed by atoms with Gasteiger partial charge in [0.05, 0.1) is 0 Å². The van der Waals surface area contributed by atoms with Crippen molar-refractivity contribution in [1.29, 1.82) is 0 Å². The Morgan fingerprint density at radius 1 is 1.40 bits per heavy atom. The summed E-state index contributed by atoms with van der Waals surface area (Å²) < 4.78 is 0. The maximum Gasteiger partial charge on any atom is 0.0468 e. The van der Waals surface area contributed by atoms with Gasteiger partial charge in [-0.3, -0.25) is 0 Å². The van der Waals surface area contributed by atoms with Gasteiger partial charge in [0.2, 0.25) is 0 Å². The first-order valence-electron chi connectivity index (χ1n) is 5.07. The van der Waals surface area contributed by atoms with Crippen LogP contribution in [0.25, 0.3) is 0 Å². The molecule has 1 aromatic carbocycles. The van der Waals surface area contributed by atoms with Crippen LogP contribution in [0.3, 0.4) is 0 Å². The highest BCUT2D eigenvalue weighted by molar-refractivity contribution is 6.35. The second kappa shape index (κ2) is 6.33. The lowest BCUT2D eigenvalue weighted by molar-refractivity contribution is 0.527. The topological polar surface area (TPSA) is 38.0 Å². The van der Waals surface area contributed by atoms with Crippen molar-refractivity contribution < 1.29 is 0 Å². The third-order valence-electron chi connectivity index (χ3n) is 2.28. The van der Waals surface area contributed by atoms with Crippen LogP contribution >= 0.6 is 23.2 Å². The van der Waals surface area contributed by atoms with Crippen molar-refractivity contribution in [3.05, 3.63) is 33.8 Å². The summed E-state index contributed by atoms with van der Waals surface area (Å²) in [6, 6.07) is 5.83. The van der Waals surface area contributed by atoms with Crippen LogP contribution in [0, 0.1) is 0 Å². The fourth-order valence-electron chi connectivity index (χ4n) is 1.52. The zero-order chi connectivity index (χ0) is 11.3. The van der Waals surface area contributed by atoms with E-state index >= 15 is 0 Å². The molecule has 0 aromatic heterocycles. The number of halogens is 2. The zero-order valence-electron chi connectivity index (χ0n) is 8.76. The molecular weight excluding hydrogens is 231 g/mol. The van der Waals surface area contributed by atoms with Gasteiger partial charge in [0, 0.05) is 29.2 Å². The number of nitrogens with one attached hydrogen (secondary N) is 1. The van der Waals surface area contributed by atoms with Crippen molar-refractivity contribution in [1.82, 2.24) is 5.32 Å². The summed E-state index contributed by atoms with van der Waals surface area (Å²) in [5, 5.41) is 4.71. The summed E-state index contributed by atoms with van der Waals surface area (Å²) in [5.41, 5.74) is 6.54. The lowest BCUT2D eigenvalue weighted by atomic mass is 10.0. The van der Waals surface area contributed by atoms with Crippen molar-refractivity contribution in [3.63, 3.8) is 0 Å². The van der Waals surface area contributed by atoms with Crippen LogP contribution in [-0.4, -0.2) is 13.1 Å². The predicted molar refractivity (Wildman–Crippen MR) is 66.6 cm³/mol. The molecule has 0 aliphatic rings. The van der Waals surface area contributed by atoms with Crippen LogP contribution < -0.4 is 11.1 Å². The lowest BCUT2D eigenvalue weighted by Crippen LogP contribution is -2.27. The van der Waals surface area contributed by atoms with Gasteiger partial charge in [0.25, 0.3) is 0 Å². The monoisotopic (exact) mass is 246 g/mol. The Morgan fingerprint density at radius 2 is 2.13 bits per heavy atom. The quantitative estimate of drug-likeness (QED) is 0.839. The molecule has 0 amide bonds. The zero-order valence-corrected chi connectivity index (χ0v) is 10.3. The van der Waals surface area contributed by atoms with Crippen LogP contribution in [-0.2, 0) is 0 Å². The minimum absolute atomic E-state index is 0.248. The van der Waals surface area contributed by atoms with E-state index in [2.05, 4.69) is 12.2 Å². The molecule has 0 heterocycles. The Labute approximate surface area is 101 Å². The largest absolute Gasteiger partial charge is 0.329 e. The summed E-state index contributed by atoms with van der Waals surface area (Å²) in [7, 11) is 0. The average molecular weight is 247 g/mol. The minimum Gasteiger partial charge on any atom is -0.329 e. The summed E-state index contributed by atoms with van der Waals surface area (Å²) in [5.74, 6) is 0. The predicted octanol–water partition coefficient (Wildman–Crippen LogP) is 2.99. The number of hydrogen-bond donors (Lipinski definition) is 2. The van der Waals surface area contributed by atoms with Crippen molar-refractivity contribution in [2.24, 2.45) is 5.73 Å². The molecule has 0 saturated carbocycles. The second-order valence-electron chi connectivity index (χ2n) is 3.37. The molecule has 0 spiro atoms. The molecule has 1 aromatic rings. The standard InChI is InChI=1S/C11H16Cl2N2/c1-2-11(15-6-5-14)9-4-3-8(12)7-10(9)13/h3-4,7,11,15H,2,5-6,14H2,1H3. The van der Waals surface area contributed by atoms with Crippen molar-refractivity contribution >= 4 is 23.2 Å². The van der Waals surface area contributed by atoms with Crippen LogP contribution in [0.5, 0.6) is 0 Å². The summed E-state index contributed by atoms with van der Waals surface area (Å²) in [4.78, 5) is 0. The van der Waals surface area contributed by atoms with E-state index < -0.39 is 0 Å². The van der Waals surface area contributed by atoms with Crippen molar-refractivity contribution in [2.45, 2.75) is 19.4 Å². The summed E-state index contributed by atoms with van der Waals surface area (Å²) >= 11 is 12.0. The van der Waals surface area contributed by atoms with Gasteiger partial charge in [-0.05, 0) is 24.1 Å². The van der Waals surface area contributed by atoms with E-state index in [4.69, 9.17) is 28.9 Å². The van der Waals surface area contributed by atoms with E-state index in [9.17, 15) is 0 Å². The summed E-state index contributed by atoms with van der Waals surface area (Å²) in [6.45, 7) is 3.53. The molecule has 1 rings (SSSR count). The molecule has 0 saturated heterocycles. The second-order valence-corrected chi connectivity index (χ2v) is 4.21. The van der Waals surface area contributed by atoms with Gasteiger partial charge in [-0.1, -0.05) is 36.2 Å². The van der Waals surface area contributed by atoms with E-state index in [0.717, 1.165) is 18.5 Å².